The van der Waals surface area contributed by atoms with Gasteiger partial charge in [0.25, 0.3) is 0 Å². The lowest BCUT2D eigenvalue weighted by Crippen LogP contribution is -2.30. The minimum Gasteiger partial charge on any atom is -0.326 e. The maximum absolute atomic E-state index is 12.6. The van der Waals surface area contributed by atoms with Crippen molar-refractivity contribution in [2.75, 3.05) is 34.2 Å². The molecule has 0 aromatic heterocycles. The molecule has 2 N–H and O–H groups in total. The van der Waals surface area contributed by atoms with E-state index < -0.39 is 10.0 Å². The molecule has 0 bridgehead atoms. The minimum atomic E-state index is -3.44. The Hall–Kier alpha value is -0.950. The maximum atomic E-state index is 12.6. The molecule has 0 saturated heterocycles. The number of rotatable bonds is 7. The van der Waals surface area contributed by atoms with E-state index >= 15 is 0 Å². The van der Waals surface area contributed by atoms with E-state index in [1.165, 1.54) is 4.31 Å². The Kier molecular flexibility index (Phi) is 6.13. The third-order valence-electron chi connectivity index (χ3n) is 3.25. The quantitative estimate of drug-likeness (QED) is 0.816. The van der Waals surface area contributed by atoms with E-state index in [2.05, 4.69) is 0 Å². The first kappa shape index (κ1) is 17.1. The summed E-state index contributed by atoms with van der Waals surface area (Å²) in [7, 11) is 2.13. The molecular weight excluding hydrogens is 274 g/mol. The Morgan fingerprint density at radius 2 is 1.80 bits per heavy atom. The largest absolute Gasteiger partial charge is 0.326 e. The molecule has 0 heterocycles. The van der Waals surface area contributed by atoms with Crippen LogP contribution < -0.4 is 5.73 Å². The molecule has 0 spiro atoms. The van der Waals surface area contributed by atoms with Crippen molar-refractivity contribution in [1.29, 1.82) is 0 Å². The van der Waals surface area contributed by atoms with Crippen molar-refractivity contribution in [2.45, 2.75) is 24.8 Å². The Morgan fingerprint density at radius 1 is 1.15 bits per heavy atom. The normalized spacial score (nSPS) is 12.3. The van der Waals surface area contributed by atoms with Gasteiger partial charge in [-0.1, -0.05) is 12.1 Å². The lowest BCUT2D eigenvalue weighted by atomic mass is 10.1. The fourth-order valence-corrected chi connectivity index (χ4v) is 3.43. The van der Waals surface area contributed by atoms with Crippen molar-refractivity contribution in [2.24, 2.45) is 5.73 Å². The fourth-order valence-electron chi connectivity index (χ4n) is 1.95. The molecule has 0 radical (unpaired) electrons. The number of aryl methyl sites for hydroxylation is 1. The molecule has 1 aromatic rings. The highest BCUT2D eigenvalue weighted by atomic mass is 32.2. The van der Waals surface area contributed by atoms with Crippen LogP contribution in [0, 0.1) is 6.92 Å². The fraction of sp³-hybridized carbons (Fsp3) is 0.571. The van der Waals surface area contributed by atoms with Crippen LogP contribution in [0.15, 0.2) is 23.1 Å². The Balaban J connectivity index is 2.92. The molecule has 1 rings (SSSR count). The van der Waals surface area contributed by atoms with Crippen molar-refractivity contribution >= 4 is 10.0 Å². The first-order chi connectivity index (χ1) is 9.28. The van der Waals surface area contributed by atoms with E-state index in [1.807, 2.05) is 31.1 Å². The number of nitrogens with two attached hydrogens (primary N) is 1. The van der Waals surface area contributed by atoms with Crippen LogP contribution in [0.5, 0.6) is 0 Å². The third kappa shape index (κ3) is 4.28. The summed E-state index contributed by atoms with van der Waals surface area (Å²) in [5.74, 6) is 0. The van der Waals surface area contributed by atoms with Crippen molar-refractivity contribution in [3.8, 4) is 0 Å². The minimum absolute atomic E-state index is 0.340. The van der Waals surface area contributed by atoms with E-state index in [9.17, 15) is 8.42 Å². The highest BCUT2D eigenvalue weighted by molar-refractivity contribution is 7.89. The van der Waals surface area contributed by atoms with Gasteiger partial charge in [0.05, 0.1) is 4.90 Å². The van der Waals surface area contributed by atoms with Gasteiger partial charge in [0, 0.05) is 20.1 Å². The van der Waals surface area contributed by atoms with Gasteiger partial charge >= 0.3 is 0 Å². The van der Waals surface area contributed by atoms with Gasteiger partial charge in [0.1, 0.15) is 0 Å². The predicted octanol–water partition coefficient (Wildman–Crippen LogP) is 1.03. The topological polar surface area (TPSA) is 66.6 Å². The Labute approximate surface area is 122 Å². The summed E-state index contributed by atoms with van der Waals surface area (Å²) in [4.78, 5) is 2.40. The van der Waals surface area contributed by atoms with E-state index in [1.54, 1.807) is 20.0 Å². The number of sulfonamides is 1. The van der Waals surface area contributed by atoms with Crippen LogP contribution >= 0.6 is 0 Å². The number of benzene rings is 1. The maximum Gasteiger partial charge on any atom is 0.243 e. The molecule has 5 nitrogen and oxygen atoms in total. The van der Waals surface area contributed by atoms with E-state index in [-0.39, 0.29) is 0 Å². The molecule has 0 unspecified atom stereocenters. The average Bonchev–Trinajstić information content (AvgIpc) is 2.38. The molecule has 20 heavy (non-hydrogen) atoms. The highest BCUT2D eigenvalue weighted by Gasteiger charge is 2.22. The molecule has 0 aliphatic rings. The second-order valence-corrected chi connectivity index (χ2v) is 7.30. The van der Waals surface area contributed by atoms with Crippen molar-refractivity contribution in [3.05, 3.63) is 29.3 Å². The number of nitrogens with zero attached hydrogens (tertiary/aromatic N) is 2. The summed E-state index contributed by atoms with van der Waals surface area (Å²) in [5.41, 5.74) is 7.17. The van der Waals surface area contributed by atoms with Gasteiger partial charge in [-0.2, -0.15) is 0 Å². The zero-order chi connectivity index (χ0) is 15.3. The molecule has 0 aliphatic carbocycles. The Morgan fingerprint density at radius 3 is 2.35 bits per heavy atom. The predicted molar refractivity (Wildman–Crippen MR) is 82.1 cm³/mol. The van der Waals surface area contributed by atoms with Gasteiger partial charge in [-0.25, -0.2) is 12.7 Å². The second kappa shape index (κ2) is 7.17. The lowest BCUT2D eigenvalue weighted by Gasteiger charge is -2.20. The van der Waals surface area contributed by atoms with Gasteiger partial charge in [-0.05, 0) is 51.2 Å². The SMILES string of the molecule is Cc1ccc(CN)cc1S(=O)(=O)N(C)CCCN(C)C. The van der Waals surface area contributed by atoms with E-state index in [0.717, 1.165) is 24.1 Å². The van der Waals surface area contributed by atoms with E-state index in [0.29, 0.717) is 18.0 Å². The van der Waals surface area contributed by atoms with Gasteiger partial charge in [-0.15, -0.1) is 0 Å². The van der Waals surface area contributed by atoms with Crippen LogP contribution in [0.2, 0.25) is 0 Å². The molecule has 0 amide bonds. The van der Waals surface area contributed by atoms with Crippen LogP contribution in [0.1, 0.15) is 17.5 Å². The standard InChI is InChI=1S/C14H25N3O2S/c1-12-6-7-13(11-15)10-14(12)20(18,19)17(4)9-5-8-16(2)3/h6-7,10H,5,8-9,11,15H2,1-4H3. The molecule has 0 saturated carbocycles. The molecule has 0 fully saturated rings. The van der Waals surface area contributed by atoms with Gasteiger partial charge in [0.15, 0.2) is 0 Å². The van der Waals surface area contributed by atoms with Crippen molar-refractivity contribution in [1.82, 2.24) is 9.21 Å². The van der Waals surface area contributed by atoms with Crippen LogP contribution in [0.4, 0.5) is 0 Å². The van der Waals surface area contributed by atoms with E-state index in [4.69, 9.17) is 5.73 Å². The summed E-state index contributed by atoms with van der Waals surface area (Å²) in [6, 6.07) is 5.34. The van der Waals surface area contributed by atoms with Crippen LogP contribution in [0.25, 0.3) is 0 Å². The lowest BCUT2D eigenvalue weighted by molar-refractivity contribution is 0.370. The summed E-state index contributed by atoms with van der Waals surface area (Å²) in [6.07, 6.45) is 0.804. The first-order valence-corrected chi connectivity index (χ1v) is 8.13. The summed E-state index contributed by atoms with van der Waals surface area (Å²) in [6.45, 7) is 3.52. The second-order valence-electron chi connectivity index (χ2n) is 5.29. The van der Waals surface area contributed by atoms with Gasteiger partial charge < -0.3 is 10.6 Å². The highest BCUT2D eigenvalue weighted by Crippen LogP contribution is 2.20. The molecule has 0 aliphatic heterocycles. The monoisotopic (exact) mass is 299 g/mol. The average molecular weight is 299 g/mol. The van der Waals surface area contributed by atoms with Crippen molar-refractivity contribution < 1.29 is 8.42 Å². The van der Waals surface area contributed by atoms with Crippen LogP contribution in [0.3, 0.4) is 0 Å². The first-order valence-electron chi connectivity index (χ1n) is 6.69. The smallest absolute Gasteiger partial charge is 0.243 e. The summed E-state index contributed by atoms with van der Waals surface area (Å²) in [5, 5.41) is 0. The third-order valence-corrected chi connectivity index (χ3v) is 5.25. The summed E-state index contributed by atoms with van der Waals surface area (Å²) >= 11 is 0. The van der Waals surface area contributed by atoms with Gasteiger partial charge in [-0.3, -0.25) is 0 Å². The summed E-state index contributed by atoms with van der Waals surface area (Å²) < 4.78 is 26.6. The molecule has 1 aromatic carbocycles. The molecular formula is C14H25N3O2S. The van der Waals surface area contributed by atoms with Gasteiger partial charge in [0.2, 0.25) is 10.0 Å². The number of hydrogen-bond donors (Lipinski definition) is 1. The zero-order valence-electron chi connectivity index (χ0n) is 12.8. The molecule has 0 atom stereocenters. The van der Waals surface area contributed by atoms with Crippen LogP contribution in [-0.4, -0.2) is 51.9 Å². The van der Waals surface area contributed by atoms with Crippen LogP contribution in [-0.2, 0) is 16.6 Å². The molecule has 114 valence electrons. The zero-order valence-corrected chi connectivity index (χ0v) is 13.6. The Bertz CT molecular complexity index is 541. The van der Waals surface area contributed by atoms with Crippen molar-refractivity contribution in [3.63, 3.8) is 0 Å². The number of hydrogen-bond acceptors (Lipinski definition) is 4. The molecule has 6 heteroatoms.